The molecule has 8 nitrogen and oxygen atoms in total. The number of guanidine groups is 1. The number of halogens is 1. The Morgan fingerprint density at radius 2 is 1.91 bits per heavy atom. The summed E-state index contributed by atoms with van der Waals surface area (Å²) in [6.45, 7) is 7.56. The number of aromatic nitrogens is 1. The Morgan fingerprint density at radius 3 is 2.52 bits per heavy atom. The Kier molecular flexibility index (Phi) is 11.3. The minimum Gasteiger partial charge on any atom is -0.493 e. The summed E-state index contributed by atoms with van der Waals surface area (Å²) in [6, 6.07) is 10.5. The highest BCUT2D eigenvalue weighted by molar-refractivity contribution is 14.0. The van der Waals surface area contributed by atoms with Crippen molar-refractivity contribution in [1.82, 2.24) is 19.7 Å². The zero-order valence-corrected chi connectivity index (χ0v) is 22.7. The number of benzene rings is 1. The number of hydrogen-bond donors (Lipinski definition) is 1. The van der Waals surface area contributed by atoms with Crippen LogP contribution in [0.3, 0.4) is 0 Å². The molecular weight excluding hydrogens is 533 g/mol. The summed E-state index contributed by atoms with van der Waals surface area (Å²) in [5.74, 6) is 2.36. The molecule has 1 unspecified atom stereocenters. The number of aryl methyl sites for hydroxylation is 1. The van der Waals surface area contributed by atoms with E-state index >= 15 is 0 Å². The quantitative estimate of drug-likeness (QED) is 0.284. The molecule has 184 valence electrons. The Labute approximate surface area is 214 Å². The molecule has 0 aliphatic carbocycles. The molecule has 3 rings (SSSR count). The lowest BCUT2D eigenvalue weighted by molar-refractivity contribution is 0.0179. The summed E-state index contributed by atoms with van der Waals surface area (Å²) in [5.41, 5.74) is 2.40. The summed E-state index contributed by atoms with van der Waals surface area (Å²) < 4.78 is 18.7. The van der Waals surface area contributed by atoms with Crippen molar-refractivity contribution in [3.63, 3.8) is 0 Å². The van der Waals surface area contributed by atoms with Crippen molar-refractivity contribution in [3.8, 4) is 11.5 Å². The van der Waals surface area contributed by atoms with Gasteiger partial charge in [0, 0.05) is 45.6 Å². The second-order valence-corrected chi connectivity index (χ2v) is 7.94. The molecule has 1 aromatic carbocycles. The Morgan fingerprint density at radius 1 is 1.18 bits per heavy atom. The highest BCUT2D eigenvalue weighted by Gasteiger charge is 2.24. The smallest absolute Gasteiger partial charge is 0.194 e. The average molecular weight is 572 g/mol. The van der Waals surface area contributed by atoms with Crippen molar-refractivity contribution in [2.45, 2.75) is 19.5 Å². The number of methoxy groups -OCH3 is 2. The van der Waals surface area contributed by atoms with Gasteiger partial charge in [0.2, 0.25) is 0 Å². The first kappa shape index (κ1) is 27.3. The molecule has 1 atom stereocenters. The Bertz CT molecular complexity index is 883. The fraction of sp³-hybridized carbons (Fsp3) is 0.542. The van der Waals surface area contributed by atoms with E-state index in [0.717, 1.165) is 62.4 Å². The van der Waals surface area contributed by atoms with Crippen LogP contribution in [-0.4, -0.2) is 81.0 Å². The molecule has 9 heteroatoms. The molecular formula is C24H38IN5O3. The van der Waals surface area contributed by atoms with Gasteiger partial charge in [-0.3, -0.25) is 9.89 Å². The summed E-state index contributed by atoms with van der Waals surface area (Å²) in [7, 11) is 7.48. The first-order valence-corrected chi connectivity index (χ1v) is 11.2. The number of nitrogens with zero attached hydrogens (tertiary/aromatic N) is 4. The third-order valence-electron chi connectivity index (χ3n) is 5.84. The van der Waals surface area contributed by atoms with Gasteiger partial charge in [-0.15, -0.1) is 24.0 Å². The zero-order chi connectivity index (χ0) is 22.9. The van der Waals surface area contributed by atoms with Crippen LogP contribution >= 0.6 is 24.0 Å². The van der Waals surface area contributed by atoms with Gasteiger partial charge < -0.3 is 29.0 Å². The van der Waals surface area contributed by atoms with Crippen molar-refractivity contribution in [2.75, 3.05) is 60.7 Å². The number of hydrogen-bond acceptors (Lipinski definition) is 5. The SMILES string of the molecule is CCNC(=NCC(c1ccc(OC)c(OC)c1)N1CCOCC1)N(C)Cc1cccn1C.I. The zero-order valence-electron chi connectivity index (χ0n) is 20.4. The van der Waals surface area contributed by atoms with Crippen LogP contribution in [-0.2, 0) is 18.3 Å². The van der Waals surface area contributed by atoms with Gasteiger partial charge >= 0.3 is 0 Å². The molecule has 33 heavy (non-hydrogen) atoms. The van der Waals surface area contributed by atoms with Crippen LogP contribution in [0.2, 0.25) is 0 Å². The maximum absolute atomic E-state index is 5.59. The number of nitrogens with one attached hydrogen (secondary N) is 1. The van der Waals surface area contributed by atoms with Crippen molar-refractivity contribution >= 4 is 29.9 Å². The van der Waals surface area contributed by atoms with E-state index in [0.29, 0.717) is 6.54 Å². The molecule has 0 bridgehead atoms. The van der Waals surface area contributed by atoms with Crippen molar-refractivity contribution in [3.05, 3.63) is 47.8 Å². The number of aliphatic imine (C=N–C) groups is 1. The molecule has 1 N–H and O–H groups in total. The predicted molar refractivity (Wildman–Crippen MR) is 143 cm³/mol. The molecule has 2 heterocycles. The summed E-state index contributed by atoms with van der Waals surface area (Å²) in [4.78, 5) is 9.65. The second-order valence-electron chi connectivity index (χ2n) is 7.94. The van der Waals surface area contributed by atoms with E-state index in [9.17, 15) is 0 Å². The summed E-state index contributed by atoms with van der Waals surface area (Å²) >= 11 is 0. The lowest BCUT2D eigenvalue weighted by Gasteiger charge is -2.34. The molecule has 1 aliphatic rings. The van der Waals surface area contributed by atoms with Crippen LogP contribution in [0.4, 0.5) is 0 Å². The first-order valence-electron chi connectivity index (χ1n) is 11.2. The van der Waals surface area contributed by atoms with Gasteiger partial charge in [0.05, 0.1) is 46.6 Å². The maximum Gasteiger partial charge on any atom is 0.194 e. The van der Waals surface area contributed by atoms with E-state index in [1.54, 1.807) is 14.2 Å². The van der Waals surface area contributed by atoms with Gasteiger partial charge in [0.15, 0.2) is 17.5 Å². The lowest BCUT2D eigenvalue weighted by atomic mass is 10.0. The minimum absolute atomic E-state index is 0. The van der Waals surface area contributed by atoms with Crippen LogP contribution in [0, 0.1) is 0 Å². The van der Waals surface area contributed by atoms with Gasteiger partial charge in [-0.2, -0.15) is 0 Å². The molecule has 0 radical (unpaired) electrons. The molecule has 1 fully saturated rings. The standard InChI is InChI=1S/C24H37N5O3.HI/c1-6-25-24(28(3)18-20-8-7-11-27(20)2)26-17-21(29-12-14-32-15-13-29)19-9-10-22(30-4)23(16-19)31-5;/h7-11,16,21H,6,12-15,17-18H2,1-5H3,(H,25,26);1H. The number of morpholine rings is 1. The van der Waals surface area contributed by atoms with Crippen LogP contribution in [0.5, 0.6) is 11.5 Å². The van der Waals surface area contributed by atoms with Crippen LogP contribution in [0.15, 0.2) is 41.5 Å². The van der Waals surface area contributed by atoms with E-state index in [-0.39, 0.29) is 30.0 Å². The third kappa shape index (κ3) is 7.25. The minimum atomic E-state index is 0. The molecule has 2 aromatic rings. The largest absolute Gasteiger partial charge is 0.493 e. The van der Waals surface area contributed by atoms with Gasteiger partial charge in [0.25, 0.3) is 0 Å². The van der Waals surface area contributed by atoms with E-state index < -0.39 is 0 Å². The molecule has 0 amide bonds. The predicted octanol–water partition coefficient (Wildman–Crippen LogP) is 3.13. The Hall–Kier alpha value is -1.98. The fourth-order valence-corrected chi connectivity index (χ4v) is 4.00. The van der Waals surface area contributed by atoms with E-state index in [2.05, 4.69) is 71.2 Å². The second kappa shape index (κ2) is 13.7. The number of rotatable bonds is 9. The monoisotopic (exact) mass is 571 g/mol. The Balaban J connectivity index is 0.00000385. The molecule has 1 aromatic heterocycles. The summed E-state index contributed by atoms with van der Waals surface area (Å²) in [6.07, 6.45) is 2.07. The van der Waals surface area contributed by atoms with Gasteiger partial charge in [-0.05, 0) is 36.8 Å². The fourth-order valence-electron chi connectivity index (χ4n) is 4.00. The molecule has 1 saturated heterocycles. The maximum atomic E-state index is 5.59. The average Bonchev–Trinajstić information content (AvgIpc) is 3.23. The first-order chi connectivity index (χ1) is 15.6. The summed E-state index contributed by atoms with van der Waals surface area (Å²) in [5, 5.41) is 3.44. The van der Waals surface area contributed by atoms with Crippen molar-refractivity contribution in [2.24, 2.45) is 12.0 Å². The van der Waals surface area contributed by atoms with E-state index in [1.165, 1.54) is 5.69 Å². The van der Waals surface area contributed by atoms with E-state index in [4.69, 9.17) is 19.2 Å². The third-order valence-corrected chi connectivity index (χ3v) is 5.84. The highest BCUT2D eigenvalue weighted by Crippen LogP contribution is 2.32. The number of ether oxygens (including phenoxy) is 3. The van der Waals surface area contributed by atoms with Crippen LogP contribution < -0.4 is 14.8 Å². The molecule has 0 saturated carbocycles. The topological polar surface area (TPSA) is 63.5 Å². The van der Waals surface area contributed by atoms with Gasteiger partial charge in [-0.1, -0.05) is 6.07 Å². The van der Waals surface area contributed by atoms with Gasteiger partial charge in [-0.25, -0.2) is 0 Å². The van der Waals surface area contributed by atoms with E-state index in [1.807, 2.05) is 6.07 Å². The van der Waals surface area contributed by atoms with Crippen LogP contribution in [0.25, 0.3) is 0 Å². The highest BCUT2D eigenvalue weighted by atomic mass is 127. The van der Waals surface area contributed by atoms with Crippen molar-refractivity contribution in [1.29, 1.82) is 0 Å². The van der Waals surface area contributed by atoms with Crippen LogP contribution in [0.1, 0.15) is 24.2 Å². The molecule has 1 aliphatic heterocycles. The van der Waals surface area contributed by atoms with Crippen molar-refractivity contribution < 1.29 is 14.2 Å². The lowest BCUT2D eigenvalue weighted by Crippen LogP contribution is -2.42. The van der Waals surface area contributed by atoms with Gasteiger partial charge in [0.1, 0.15) is 0 Å². The normalized spacial score (nSPS) is 15.5. The molecule has 0 spiro atoms.